The highest BCUT2D eigenvalue weighted by Crippen LogP contribution is 2.24. The molecule has 1 rings (SSSR count). The molecule has 5 heteroatoms. The molecular formula is C11H16BrN3O. The highest BCUT2D eigenvalue weighted by molar-refractivity contribution is 9.10. The SMILES string of the molecule is CN(C)C(=O)CCNc1ccc(N)cc1Br. The van der Waals surface area contributed by atoms with Gasteiger partial charge >= 0.3 is 0 Å². The van der Waals surface area contributed by atoms with E-state index in [1.807, 2.05) is 18.2 Å². The van der Waals surface area contributed by atoms with Crippen LogP contribution in [0.15, 0.2) is 22.7 Å². The lowest BCUT2D eigenvalue weighted by Gasteiger charge is -2.12. The van der Waals surface area contributed by atoms with Crippen molar-refractivity contribution in [3.05, 3.63) is 22.7 Å². The minimum atomic E-state index is 0.110. The Balaban J connectivity index is 2.46. The minimum absolute atomic E-state index is 0.110. The monoisotopic (exact) mass is 285 g/mol. The summed E-state index contributed by atoms with van der Waals surface area (Å²) in [5, 5.41) is 3.18. The van der Waals surface area contributed by atoms with E-state index in [0.717, 1.165) is 10.2 Å². The van der Waals surface area contributed by atoms with Gasteiger partial charge in [0.05, 0.1) is 0 Å². The van der Waals surface area contributed by atoms with Crippen LogP contribution in [0.25, 0.3) is 0 Å². The van der Waals surface area contributed by atoms with Crippen molar-refractivity contribution in [1.82, 2.24) is 4.90 Å². The number of hydrogen-bond donors (Lipinski definition) is 2. The van der Waals surface area contributed by atoms with E-state index in [0.29, 0.717) is 18.7 Å². The predicted molar refractivity (Wildman–Crippen MR) is 70.4 cm³/mol. The van der Waals surface area contributed by atoms with Crippen molar-refractivity contribution in [3.63, 3.8) is 0 Å². The number of amides is 1. The summed E-state index contributed by atoms with van der Waals surface area (Å²) in [6.45, 7) is 0.611. The summed E-state index contributed by atoms with van der Waals surface area (Å²) in [6.07, 6.45) is 0.476. The Bertz CT molecular complexity index is 379. The van der Waals surface area contributed by atoms with Crippen molar-refractivity contribution in [1.29, 1.82) is 0 Å². The molecule has 0 radical (unpaired) electrons. The molecule has 1 amide bonds. The summed E-state index contributed by atoms with van der Waals surface area (Å²) >= 11 is 3.41. The maximum absolute atomic E-state index is 11.3. The van der Waals surface area contributed by atoms with Gasteiger partial charge in [-0.2, -0.15) is 0 Å². The smallest absolute Gasteiger partial charge is 0.223 e. The highest BCUT2D eigenvalue weighted by Gasteiger charge is 2.04. The molecule has 0 aliphatic rings. The number of carbonyl (C=O) groups excluding carboxylic acids is 1. The van der Waals surface area contributed by atoms with Gasteiger partial charge in [-0.1, -0.05) is 0 Å². The molecule has 0 unspecified atom stereocenters. The van der Waals surface area contributed by atoms with Gasteiger partial charge in [0, 0.05) is 42.9 Å². The van der Waals surface area contributed by atoms with Crippen molar-refractivity contribution < 1.29 is 4.79 Å². The molecule has 0 spiro atoms. The molecule has 1 aromatic carbocycles. The first-order valence-corrected chi connectivity index (χ1v) is 5.79. The van der Waals surface area contributed by atoms with Crippen LogP contribution in [0.5, 0.6) is 0 Å². The summed E-state index contributed by atoms with van der Waals surface area (Å²) in [4.78, 5) is 12.9. The van der Waals surface area contributed by atoms with Gasteiger partial charge in [0.25, 0.3) is 0 Å². The van der Waals surface area contributed by atoms with Crippen molar-refractivity contribution in [3.8, 4) is 0 Å². The summed E-state index contributed by atoms with van der Waals surface area (Å²) < 4.78 is 0.907. The second-order valence-electron chi connectivity index (χ2n) is 3.70. The zero-order chi connectivity index (χ0) is 12.1. The Labute approximate surface area is 104 Å². The first kappa shape index (κ1) is 12.8. The molecule has 0 atom stereocenters. The average Bonchev–Trinajstić information content (AvgIpc) is 2.20. The molecule has 0 fully saturated rings. The maximum atomic E-state index is 11.3. The van der Waals surface area contributed by atoms with Gasteiger partial charge in [-0.3, -0.25) is 4.79 Å². The van der Waals surface area contributed by atoms with Gasteiger partial charge in [-0.25, -0.2) is 0 Å². The molecule has 0 aromatic heterocycles. The molecule has 0 bridgehead atoms. The van der Waals surface area contributed by atoms with Crippen molar-refractivity contribution in [2.45, 2.75) is 6.42 Å². The third-order valence-electron chi connectivity index (χ3n) is 2.15. The molecule has 0 saturated heterocycles. The Morgan fingerprint density at radius 2 is 2.19 bits per heavy atom. The first-order valence-electron chi connectivity index (χ1n) is 4.99. The maximum Gasteiger partial charge on any atom is 0.223 e. The molecule has 4 nitrogen and oxygen atoms in total. The molecule has 0 heterocycles. The summed E-state index contributed by atoms with van der Waals surface area (Å²) in [7, 11) is 3.50. The van der Waals surface area contributed by atoms with Gasteiger partial charge in [-0.05, 0) is 34.1 Å². The lowest BCUT2D eigenvalue weighted by Crippen LogP contribution is -2.23. The second-order valence-corrected chi connectivity index (χ2v) is 4.56. The Morgan fingerprint density at radius 1 is 1.50 bits per heavy atom. The van der Waals surface area contributed by atoms with E-state index in [4.69, 9.17) is 5.73 Å². The Morgan fingerprint density at radius 3 is 2.75 bits per heavy atom. The third-order valence-corrected chi connectivity index (χ3v) is 2.80. The van der Waals surface area contributed by atoms with E-state index in [9.17, 15) is 4.79 Å². The van der Waals surface area contributed by atoms with Gasteiger partial charge in [-0.15, -0.1) is 0 Å². The van der Waals surface area contributed by atoms with E-state index in [-0.39, 0.29) is 5.91 Å². The third kappa shape index (κ3) is 3.73. The summed E-state index contributed by atoms with van der Waals surface area (Å²) in [5.41, 5.74) is 7.28. The number of rotatable bonds is 4. The van der Waals surface area contributed by atoms with E-state index in [2.05, 4.69) is 21.2 Å². The van der Waals surface area contributed by atoms with Crippen LogP contribution in [-0.4, -0.2) is 31.4 Å². The summed E-state index contributed by atoms with van der Waals surface area (Å²) in [5.74, 6) is 0.110. The Kier molecular flexibility index (Phi) is 4.61. The quantitative estimate of drug-likeness (QED) is 0.831. The van der Waals surface area contributed by atoms with Crippen LogP contribution in [0, 0.1) is 0 Å². The molecule has 16 heavy (non-hydrogen) atoms. The topological polar surface area (TPSA) is 58.4 Å². The number of anilines is 2. The van der Waals surface area contributed by atoms with Crippen LogP contribution in [0.4, 0.5) is 11.4 Å². The van der Waals surface area contributed by atoms with Crippen LogP contribution in [0.2, 0.25) is 0 Å². The lowest BCUT2D eigenvalue weighted by atomic mass is 10.3. The van der Waals surface area contributed by atoms with E-state index < -0.39 is 0 Å². The van der Waals surface area contributed by atoms with Crippen molar-refractivity contribution in [2.24, 2.45) is 0 Å². The minimum Gasteiger partial charge on any atom is -0.399 e. The van der Waals surface area contributed by atoms with Gasteiger partial charge in [0.2, 0.25) is 5.91 Å². The zero-order valence-corrected chi connectivity index (χ0v) is 11.0. The van der Waals surface area contributed by atoms with Crippen LogP contribution < -0.4 is 11.1 Å². The fraction of sp³-hybridized carbons (Fsp3) is 0.364. The van der Waals surface area contributed by atoms with E-state index >= 15 is 0 Å². The van der Waals surface area contributed by atoms with Crippen LogP contribution >= 0.6 is 15.9 Å². The Hall–Kier alpha value is -1.23. The number of hydrogen-bond acceptors (Lipinski definition) is 3. The average molecular weight is 286 g/mol. The lowest BCUT2D eigenvalue weighted by molar-refractivity contribution is -0.128. The number of carbonyl (C=O) groups is 1. The van der Waals surface area contributed by atoms with E-state index in [1.165, 1.54) is 0 Å². The van der Waals surface area contributed by atoms with Gasteiger partial charge < -0.3 is 16.0 Å². The van der Waals surface area contributed by atoms with Crippen LogP contribution in [-0.2, 0) is 4.79 Å². The fourth-order valence-electron chi connectivity index (χ4n) is 1.20. The number of nitrogens with zero attached hydrogens (tertiary/aromatic N) is 1. The largest absolute Gasteiger partial charge is 0.399 e. The molecule has 3 N–H and O–H groups in total. The molecule has 0 saturated carbocycles. The van der Waals surface area contributed by atoms with Crippen LogP contribution in [0.3, 0.4) is 0 Å². The number of nitrogens with one attached hydrogen (secondary N) is 1. The first-order chi connectivity index (χ1) is 7.50. The standard InChI is InChI=1S/C11H16BrN3O/c1-15(2)11(16)5-6-14-10-4-3-8(13)7-9(10)12/h3-4,7,14H,5-6,13H2,1-2H3. The number of nitrogen functional groups attached to an aromatic ring is 1. The van der Waals surface area contributed by atoms with Gasteiger partial charge in [0.15, 0.2) is 0 Å². The second kappa shape index (κ2) is 5.75. The summed E-state index contributed by atoms with van der Waals surface area (Å²) in [6, 6.07) is 5.54. The van der Waals surface area contributed by atoms with Crippen LogP contribution in [0.1, 0.15) is 6.42 Å². The number of benzene rings is 1. The predicted octanol–water partition coefficient (Wildman–Crippen LogP) is 1.92. The van der Waals surface area contributed by atoms with Crippen molar-refractivity contribution >= 4 is 33.2 Å². The van der Waals surface area contributed by atoms with Crippen molar-refractivity contribution in [2.75, 3.05) is 31.7 Å². The van der Waals surface area contributed by atoms with E-state index in [1.54, 1.807) is 19.0 Å². The number of halogens is 1. The normalized spacial score (nSPS) is 9.94. The molecular weight excluding hydrogens is 270 g/mol. The molecule has 0 aliphatic carbocycles. The molecule has 88 valence electrons. The fourth-order valence-corrected chi connectivity index (χ4v) is 1.74. The highest BCUT2D eigenvalue weighted by atomic mass is 79.9. The molecule has 0 aliphatic heterocycles. The number of nitrogens with two attached hydrogens (primary N) is 1. The zero-order valence-electron chi connectivity index (χ0n) is 9.46. The molecule has 1 aromatic rings. The van der Waals surface area contributed by atoms with Gasteiger partial charge in [0.1, 0.15) is 0 Å².